The smallest absolute Gasteiger partial charge is 0.223 e. The SMILES string of the molecule is CN(C)C1(c2ccccn2)CCC2(CC1)CC(=O)N(CCC(N)=O)C2. The molecule has 6 nitrogen and oxygen atoms in total. The molecule has 2 N–H and O–H groups in total. The summed E-state index contributed by atoms with van der Waals surface area (Å²) >= 11 is 0. The highest BCUT2D eigenvalue weighted by Gasteiger charge is 2.50. The van der Waals surface area contributed by atoms with Crippen molar-refractivity contribution in [3.63, 3.8) is 0 Å². The molecule has 0 aromatic carbocycles. The van der Waals surface area contributed by atoms with Crippen molar-refractivity contribution in [2.24, 2.45) is 11.1 Å². The van der Waals surface area contributed by atoms with E-state index in [4.69, 9.17) is 5.73 Å². The molecule has 0 bridgehead atoms. The van der Waals surface area contributed by atoms with E-state index >= 15 is 0 Å². The van der Waals surface area contributed by atoms with Crippen LogP contribution in [0, 0.1) is 5.41 Å². The predicted octanol–water partition coefficient (Wildman–Crippen LogP) is 1.51. The van der Waals surface area contributed by atoms with E-state index in [1.165, 1.54) is 0 Å². The highest BCUT2D eigenvalue weighted by atomic mass is 16.2. The lowest BCUT2D eigenvalue weighted by molar-refractivity contribution is -0.128. The second-order valence-electron chi connectivity index (χ2n) is 7.85. The normalized spacial score (nSPS) is 29.6. The number of nitrogens with two attached hydrogens (primary N) is 1. The van der Waals surface area contributed by atoms with Crippen molar-refractivity contribution in [1.29, 1.82) is 0 Å². The van der Waals surface area contributed by atoms with Gasteiger partial charge in [-0.2, -0.15) is 0 Å². The van der Waals surface area contributed by atoms with E-state index in [-0.39, 0.29) is 29.2 Å². The van der Waals surface area contributed by atoms with Crippen molar-refractivity contribution < 1.29 is 9.59 Å². The van der Waals surface area contributed by atoms with E-state index in [1.54, 1.807) is 0 Å². The van der Waals surface area contributed by atoms with Crippen molar-refractivity contribution >= 4 is 11.8 Å². The zero-order chi connectivity index (χ0) is 18.1. The first kappa shape index (κ1) is 17.9. The van der Waals surface area contributed by atoms with Gasteiger partial charge in [-0.05, 0) is 57.3 Å². The van der Waals surface area contributed by atoms with Crippen LogP contribution >= 0.6 is 0 Å². The summed E-state index contributed by atoms with van der Waals surface area (Å²) in [5.74, 6) is -0.185. The Hall–Kier alpha value is -1.95. The molecule has 1 aliphatic carbocycles. The molecule has 2 heterocycles. The molecule has 2 aliphatic rings. The van der Waals surface area contributed by atoms with Crippen molar-refractivity contribution in [3.05, 3.63) is 30.1 Å². The summed E-state index contributed by atoms with van der Waals surface area (Å²) in [6, 6.07) is 6.10. The fourth-order valence-electron chi connectivity index (χ4n) is 4.53. The summed E-state index contributed by atoms with van der Waals surface area (Å²) < 4.78 is 0. The predicted molar refractivity (Wildman–Crippen MR) is 95.5 cm³/mol. The summed E-state index contributed by atoms with van der Waals surface area (Å²) in [7, 11) is 4.23. The van der Waals surface area contributed by atoms with Gasteiger partial charge in [-0.3, -0.25) is 19.5 Å². The topological polar surface area (TPSA) is 79.5 Å². The molecule has 1 aromatic rings. The van der Waals surface area contributed by atoms with Gasteiger partial charge < -0.3 is 10.6 Å². The minimum Gasteiger partial charge on any atom is -0.370 e. The minimum absolute atomic E-state index is 0.0447. The molecule has 6 heteroatoms. The molecule has 0 atom stereocenters. The molecule has 1 saturated heterocycles. The second kappa shape index (κ2) is 6.75. The summed E-state index contributed by atoms with van der Waals surface area (Å²) in [4.78, 5) is 32.1. The molecule has 2 fully saturated rings. The van der Waals surface area contributed by atoms with Crippen LogP contribution in [0.4, 0.5) is 0 Å². The first-order chi connectivity index (χ1) is 11.9. The third-order valence-corrected chi connectivity index (χ3v) is 6.17. The minimum atomic E-state index is -0.348. The number of nitrogens with zero attached hydrogens (tertiary/aromatic N) is 3. The molecule has 1 spiro atoms. The summed E-state index contributed by atoms with van der Waals surface area (Å²) in [5, 5.41) is 0. The average molecular weight is 344 g/mol. The first-order valence-electron chi connectivity index (χ1n) is 9.02. The fourth-order valence-corrected chi connectivity index (χ4v) is 4.53. The van der Waals surface area contributed by atoms with Crippen molar-refractivity contribution in [2.45, 2.75) is 44.1 Å². The van der Waals surface area contributed by atoms with Gasteiger partial charge in [0.15, 0.2) is 0 Å². The van der Waals surface area contributed by atoms with Crippen LogP contribution in [-0.2, 0) is 15.1 Å². The maximum Gasteiger partial charge on any atom is 0.223 e. The Morgan fingerprint density at radius 2 is 2.00 bits per heavy atom. The van der Waals surface area contributed by atoms with E-state index in [0.29, 0.717) is 13.0 Å². The lowest BCUT2D eigenvalue weighted by Gasteiger charge is -2.48. The van der Waals surface area contributed by atoms with Gasteiger partial charge in [-0.15, -0.1) is 0 Å². The Bertz CT molecular complexity index is 636. The van der Waals surface area contributed by atoms with Crippen LogP contribution in [0.3, 0.4) is 0 Å². The second-order valence-corrected chi connectivity index (χ2v) is 7.85. The third kappa shape index (κ3) is 3.40. The van der Waals surface area contributed by atoms with Gasteiger partial charge >= 0.3 is 0 Å². The molecule has 2 amide bonds. The molecule has 0 radical (unpaired) electrons. The van der Waals surface area contributed by atoms with Crippen LogP contribution in [0.1, 0.15) is 44.2 Å². The molecular weight excluding hydrogens is 316 g/mol. The summed E-state index contributed by atoms with van der Waals surface area (Å²) in [6.07, 6.45) is 6.69. The molecule has 1 aliphatic heterocycles. The number of rotatable bonds is 5. The molecule has 0 unspecified atom stereocenters. The van der Waals surface area contributed by atoms with Crippen LogP contribution in [0.2, 0.25) is 0 Å². The molecular formula is C19H28N4O2. The van der Waals surface area contributed by atoms with E-state index in [2.05, 4.69) is 30.0 Å². The third-order valence-electron chi connectivity index (χ3n) is 6.17. The molecule has 1 aromatic heterocycles. The first-order valence-corrected chi connectivity index (χ1v) is 9.02. The summed E-state index contributed by atoms with van der Waals surface area (Å²) in [5.41, 5.74) is 6.33. The standard InChI is InChI=1S/C19H28N4O2/c1-22(2)19(15-5-3-4-11-21-15)9-7-18(8-10-19)13-17(25)23(14-18)12-6-16(20)24/h3-5,11H,6-10,12-14H2,1-2H3,(H2,20,24). The Kier molecular flexibility index (Phi) is 4.82. The van der Waals surface area contributed by atoms with Gasteiger partial charge in [0.05, 0.1) is 11.2 Å². The van der Waals surface area contributed by atoms with Crippen molar-refractivity contribution in [1.82, 2.24) is 14.8 Å². The van der Waals surface area contributed by atoms with Gasteiger partial charge in [0, 0.05) is 32.1 Å². The van der Waals surface area contributed by atoms with Crippen LogP contribution in [0.5, 0.6) is 0 Å². The molecule has 25 heavy (non-hydrogen) atoms. The average Bonchev–Trinajstić information content (AvgIpc) is 2.90. The van der Waals surface area contributed by atoms with Crippen LogP contribution < -0.4 is 5.73 Å². The molecule has 3 rings (SSSR count). The largest absolute Gasteiger partial charge is 0.370 e. The Balaban J connectivity index is 1.72. The number of carbonyl (C=O) groups is 2. The van der Waals surface area contributed by atoms with Gasteiger partial charge in [-0.25, -0.2) is 0 Å². The Morgan fingerprint density at radius 1 is 1.28 bits per heavy atom. The quantitative estimate of drug-likeness (QED) is 0.878. The number of carbonyl (C=O) groups excluding carboxylic acids is 2. The van der Waals surface area contributed by atoms with E-state index < -0.39 is 0 Å². The van der Waals surface area contributed by atoms with E-state index in [0.717, 1.165) is 37.9 Å². The maximum atomic E-state index is 12.4. The van der Waals surface area contributed by atoms with Crippen LogP contribution in [0.15, 0.2) is 24.4 Å². The highest BCUT2D eigenvalue weighted by Crippen LogP contribution is 2.51. The lowest BCUT2D eigenvalue weighted by atomic mass is 9.65. The maximum absolute atomic E-state index is 12.4. The Morgan fingerprint density at radius 3 is 2.56 bits per heavy atom. The van der Waals surface area contributed by atoms with Crippen molar-refractivity contribution in [2.75, 3.05) is 27.2 Å². The number of likely N-dealkylation sites (tertiary alicyclic amines) is 1. The number of hydrogen-bond donors (Lipinski definition) is 1. The van der Waals surface area contributed by atoms with Gasteiger partial charge in [0.2, 0.25) is 11.8 Å². The van der Waals surface area contributed by atoms with E-state index in [9.17, 15) is 9.59 Å². The van der Waals surface area contributed by atoms with Crippen LogP contribution in [-0.4, -0.2) is 53.8 Å². The molecule has 1 saturated carbocycles. The highest BCUT2D eigenvalue weighted by molar-refractivity contribution is 5.80. The number of aromatic nitrogens is 1. The molecule has 136 valence electrons. The number of amides is 2. The van der Waals surface area contributed by atoms with Crippen molar-refractivity contribution in [3.8, 4) is 0 Å². The van der Waals surface area contributed by atoms with E-state index in [1.807, 2.05) is 23.2 Å². The summed E-state index contributed by atoms with van der Waals surface area (Å²) in [6.45, 7) is 1.21. The van der Waals surface area contributed by atoms with Gasteiger partial charge in [0.1, 0.15) is 0 Å². The van der Waals surface area contributed by atoms with Crippen LogP contribution in [0.25, 0.3) is 0 Å². The number of hydrogen-bond acceptors (Lipinski definition) is 4. The lowest BCUT2D eigenvalue weighted by Crippen LogP contribution is -2.48. The number of pyridine rings is 1. The fraction of sp³-hybridized carbons (Fsp3) is 0.632. The Labute approximate surface area is 149 Å². The monoisotopic (exact) mass is 344 g/mol. The number of primary amides is 1. The zero-order valence-corrected chi connectivity index (χ0v) is 15.2. The van der Waals surface area contributed by atoms with Gasteiger partial charge in [0.25, 0.3) is 0 Å². The zero-order valence-electron chi connectivity index (χ0n) is 15.2. The van der Waals surface area contributed by atoms with Gasteiger partial charge in [-0.1, -0.05) is 6.07 Å².